The minimum absolute atomic E-state index is 0.166. The molecule has 0 saturated heterocycles. The van der Waals surface area contributed by atoms with Crippen molar-refractivity contribution in [3.8, 4) is 0 Å². The van der Waals surface area contributed by atoms with E-state index in [0.29, 0.717) is 12.8 Å². The Morgan fingerprint density at radius 2 is 1.38 bits per heavy atom. The van der Waals surface area contributed by atoms with Gasteiger partial charge in [-0.1, -0.05) is 24.3 Å². The highest BCUT2D eigenvalue weighted by Gasteiger charge is 1.93. The minimum atomic E-state index is -0.783. The van der Waals surface area contributed by atoms with Crippen molar-refractivity contribution in [1.82, 2.24) is 0 Å². The molecule has 0 radical (unpaired) electrons. The van der Waals surface area contributed by atoms with E-state index < -0.39 is 11.9 Å². The Balaban J connectivity index is 3.33. The first-order chi connectivity index (χ1) is 7.63. The van der Waals surface area contributed by atoms with Crippen molar-refractivity contribution < 1.29 is 19.8 Å². The van der Waals surface area contributed by atoms with Gasteiger partial charge in [0.15, 0.2) is 0 Å². The van der Waals surface area contributed by atoms with Crippen molar-refractivity contribution in [3.05, 3.63) is 24.3 Å². The van der Waals surface area contributed by atoms with E-state index in [1.54, 1.807) is 0 Å². The molecule has 0 aliphatic rings. The van der Waals surface area contributed by atoms with Crippen LogP contribution in [0, 0.1) is 0 Å². The fourth-order valence-electron chi connectivity index (χ4n) is 1.08. The summed E-state index contributed by atoms with van der Waals surface area (Å²) >= 11 is 0. The Kier molecular flexibility index (Phi) is 8.97. The summed E-state index contributed by atoms with van der Waals surface area (Å²) in [6.45, 7) is 0. The zero-order valence-electron chi connectivity index (χ0n) is 9.26. The Bertz CT molecular complexity index is 266. The van der Waals surface area contributed by atoms with Crippen molar-refractivity contribution in [2.75, 3.05) is 0 Å². The molecular formula is C12H18O4. The lowest BCUT2D eigenvalue weighted by Crippen LogP contribution is -1.92. The van der Waals surface area contributed by atoms with Crippen molar-refractivity contribution in [2.45, 2.75) is 38.5 Å². The summed E-state index contributed by atoms with van der Waals surface area (Å²) in [6, 6.07) is 0. The van der Waals surface area contributed by atoms with Crippen molar-refractivity contribution >= 4 is 11.9 Å². The topological polar surface area (TPSA) is 74.6 Å². The lowest BCUT2D eigenvalue weighted by Gasteiger charge is -1.90. The van der Waals surface area contributed by atoms with Gasteiger partial charge in [-0.05, 0) is 25.7 Å². The maximum Gasteiger partial charge on any atom is 0.303 e. The summed E-state index contributed by atoms with van der Waals surface area (Å²) in [5.41, 5.74) is 0. The standard InChI is InChI=1S/C12H18O4/c13-11(14)9-7-5-3-1-2-4-6-8-10-12(15)16/h1,3-4,6H,2,5,7-10H2,(H,13,14)(H,15,16)/b3-1-,6-4-. The van der Waals surface area contributed by atoms with Crippen molar-refractivity contribution in [3.63, 3.8) is 0 Å². The van der Waals surface area contributed by atoms with Gasteiger partial charge >= 0.3 is 11.9 Å². The van der Waals surface area contributed by atoms with Crippen molar-refractivity contribution in [2.24, 2.45) is 0 Å². The summed E-state index contributed by atoms with van der Waals surface area (Å²) in [7, 11) is 0. The molecule has 0 amide bonds. The molecule has 0 aliphatic heterocycles. The molecule has 0 bridgehead atoms. The third kappa shape index (κ3) is 12.4. The van der Waals surface area contributed by atoms with Gasteiger partial charge in [0, 0.05) is 12.8 Å². The molecule has 0 unspecified atom stereocenters. The Morgan fingerprint density at radius 3 is 1.94 bits per heavy atom. The van der Waals surface area contributed by atoms with Crippen LogP contribution in [0.5, 0.6) is 0 Å². The molecule has 0 spiro atoms. The zero-order chi connectivity index (χ0) is 12.2. The van der Waals surface area contributed by atoms with E-state index >= 15 is 0 Å². The fraction of sp³-hybridized carbons (Fsp3) is 0.500. The van der Waals surface area contributed by atoms with Gasteiger partial charge < -0.3 is 10.2 Å². The number of carbonyl (C=O) groups is 2. The van der Waals surface area contributed by atoms with E-state index in [-0.39, 0.29) is 12.8 Å². The van der Waals surface area contributed by atoms with E-state index in [4.69, 9.17) is 10.2 Å². The van der Waals surface area contributed by atoms with Crippen LogP contribution in [0.1, 0.15) is 38.5 Å². The first-order valence-electron chi connectivity index (χ1n) is 5.36. The monoisotopic (exact) mass is 226 g/mol. The number of allylic oxidation sites excluding steroid dienone is 4. The number of carboxylic acid groups (broad SMARTS) is 2. The average molecular weight is 226 g/mol. The van der Waals surface area contributed by atoms with E-state index in [2.05, 4.69) is 0 Å². The molecule has 0 saturated carbocycles. The predicted molar refractivity (Wildman–Crippen MR) is 61.3 cm³/mol. The molecule has 0 aromatic heterocycles. The summed E-state index contributed by atoms with van der Waals surface area (Å²) in [5.74, 6) is -1.55. The summed E-state index contributed by atoms with van der Waals surface area (Å²) in [6.07, 6.45) is 10.8. The SMILES string of the molecule is O=C(O)CC/C=C\C/C=C\CCCC(=O)O. The van der Waals surface area contributed by atoms with Crippen LogP contribution in [0.4, 0.5) is 0 Å². The smallest absolute Gasteiger partial charge is 0.303 e. The van der Waals surface area contributed by atoms with Gasteiger partial charge in [-0.15, -0.1) is 0 Å². The molecule has 90 valence electrons. The van der Waals surface area contributed by atoms with E-state index in [1.165, 1.54) is 0 Å². The maximum absolute atomic E-state index is 10.2. The van der Waals surface area contributed by atoms with Crippen molar-refractivity contribution in [1.29, 1.82) is 0 Å². The van der Waals surface area contributed by atoms with Gasteiger partial charge in [-0.2, -0.15) is 0 Å². The fourth-order valence-corrected chi connectivity index (χ4v) is 1.08. The Morgan fingerprint density at radius 1 is 0.812 bits per heavy atom. The third-order valence-corrected chi connectivity index (χ3v) is 1.89. The van der Waals surface area contributed by atoms with Crippen LogP contribution in [0.2, 0.25) is 0 Å². The summed E-state index contributed by atoms with van der Waals surface area (Å²) < 4.78 is 0. The maximum atomic E-state index is 10.2. The molecule has 0 heterocycles. The molecule has 4 nitrogen and oxygen atoms in total. The second kappa shape index (κ2) is 9.96. The summed E-state index contributed by atoms with van der Waals surface area (Å²) in [5, 5.41) is 16.7. The molecule has 0 aromatic carbocycles. The number of rotatable bonds is 9. The van der Waals surface area contributed by atoms with Crippen LogP contribution in [0.3, 0.4) is 0 Å². The minimum Gasteiger partial charge on any atom is -0.481 e. The molecule has 0 fully saturated rings. The highest BCUT2D eigenvalue weighted by Crippen LogP contribution is 1.98. The van der Waals surface area contributed by atoms with Gasteiger partial charge in [0.2, 0.25) is 0 Å². The number of aliphatic carboxylic acids is 2. The molecule has 0 rings (SSSR count). The average Bonchev–Trinajstić information content (AvgIpc) is 2.20. The summed E-state index contributed by atoms with van der Waals surface area (Å²) in [4.78, 5) is 20.3. The number of carboxylic acids is 2. The molecule has 2 N–H and O–H groups in total. The van der Waals surface area contributed by atoms with Gasteiger partial charge in [0.25, 0.3) is 0 Å². The molecule has 16 heavy (non-hydrogen) atoms. The third-order valence-electron chi connectivity index (χ3n) is 1.89. The predicted octanol–water partition coefficient (Wildman–Crippen LogP) is 2.61. The van der Waals surface area contributed by atoms with E-state index in [0.717, 1.165) is 12.8 Å². The Labute approximate surface area is 95.3 Å². The Hall–Kier alpha value is -1.58. The van der Waals surface area contributed by atoms with Crippen LogP contribution in [0.15, 0.2) is 24.3 Å². The normalized spacial score (nSPS) is 11.2. The van der Waals surface area contributed by atoms with E-state index in [1.807, 2.05) is 24.3 Å². The van der Waals surface area contributed by atoms with Crippen LogP contribution in [-0.2, 0) is 9.59 Å². The number of hydrogen-bond acceptors (Lipinski definition) is 2. The van der Waals surface area contributed by atoms with Crippen LogP contribution in [-0.4, -0.2) is 22.2 Å². The second-order valence-electron chi connectivity index (χ2n) is 3.40. The highest BCUT2D eigenvalue weighted by molar-refractivity contribution is 5.67. The molecular weight excluding hydrogens is 208 g/mol. The first-order valence-corrected chi connectivity index (χ1v) is 5.36. The van der Waals surface area contributed by atoms with E-state index in [9.17, 15) is 9.59 Å². The van der Waals surface area contributed by atoms with Crippen LogP contribution >= 0.6 is 0 Å². The molecule has 0 aliphatic carbocycles. The largest absolute Gasteiger partial charge is 0.481 e. The lowest BCUT2D eigenvalue weighted by atomic mass is 10.2. The molecule has 0 aromatic rings. The molecule has 4 heteroatoms. The van der Waals surface area contributed by atoms with Crippen LogP contribution < -0.4 is 0 Å². The van der Waals surface area contributed by atoms with Gasteiger partial charge in [0.1, 0.15) is 0 Å². The highest BCUT2D eigenvalue weighted by atomic mass is 16.4. The molecule has 0 atom stereocenters. The number of hydrogen-bond donors (Lipinski definition) is 2. The number of unbranched alkanes of at least 4 members (excludes halogenated alkanes) is 1. The van der Waals surface area contributed by atoms with Gasteiger partial charge in [-0.25, -0.2) is 0 Å². The zero-order valence-corrected chi connectivity index (χ0v) is 9.26. The van der Waals surface area contributed by atoms with Gasteiger partial charge in [0.05, 0.1) is 0 Å². The van der Waals surface area contributed by atoms with Gasteiger partial charge in [-0.3, -0.25) is 9.59 Å². The quantitative estimate of drug-likeness (QED) is 0.468. The first kappa shape index (κ1) is 14.4. The second-order valence-corrected chi connectivity index (χ2v) is 3.40. The van der Waals surface area contributed by atoms with Crippen LogP contribution in [0.25, 0.3) is 0 Å². The lowest BCUT2D eigenvalue weighted by molar-refractivity contribution is -0.138.